The molecule has 1 saturated heterocycles. The van der Waals surface area contributed by atoms with Crippen LogP contribution in [0, 0.1) is 17.7 Å². The highest BCUT2D eigenvalue weighted by molar-refractivity contribution is 7.19. The number of hydrogen-bond acceptors (Lipinski definition) is 6. The molecule has 3 aromatic rings. The number of thiophene rings is 1. The van der Waals surface area contributed by atoms with E-state index in [2.05, 4.69) is 27.0 Å². The largest absolute Gasteiger partial charge is 0.453 e. The Bertz CT molecular complexity index is 1130. The van der Waals surface area contributed by atoms with E-state index in [9.17, 15) is 9.18 Å². The van der Waals surface area contributed by atoms with Crippen molar-refractivity contribution in [3.8, 4) is 23.3 Å². The van der Waals surface area contributed by atoms with E-state index in [4.69, 9.17) is 10.5 Å². The number of aromatic nitrogens is 1. The summed E-state index contributed by atoms with van der Waals surface area (Å²) >= 11 is 1.41. The number of hydrogen-bond donors (Lipinski definition) is 2. The Hall–Kier alpha value is -3.15. The number of carbonyl (C=O) groups is 1. The van der Waals surface area contributed by atoms with Crippen molar-refractivity contribution in [3.05, 3.63) is 47.2 Å². The summed E-state index contributed by atoms with van der Waals surface area (Å²) in [7, 11) is 0. The predicted octanol–water partition coefficient (Wildman–Crippen LogP) is 3.37. The van der Waals surface area contributed by atoms with Gasteiger partial charge in [-0.15, -0.1) is 11.3 Å². The maximum atomic E-state index is 14.1. The molecule has 0 unspecified atom stereocenters. The second-order valence-electron chi connectivity index (χ2n) is 6.99. The van der Waals surface area contributed by atoms with Crippen molar-refractivity contribution in [1.82, 2.24) is 15.2 Å². The summed E-state index contributed by atoms with van der Waals surface area (Å²) in [5, 5.41) is 2.83. The molecule has 1 fully saturated rings. The Balaban J connectivity index is 1.42. The summed E-state index contributed by atoms with van der Waals surface area (Å²) in [5.41, 5.74) is 6.64. The van der Waals surface area contributed by atoms with Crippen LogP contribution in [0.15, 0.2) is 36.5 Å². The van der Waals surface area contributed by atoms with Crippen molar-refractivity contribution in [2.45, 2.75) is 12.8 Å². The van der Waals surface area contributed by atoms with Crippen LogP contribution in [0.4, 0.5) is 10.1 Å². The molecule has 0 bridgehead atoms. The molecule has 0 radical (unpaired) electrons. The summed E-state index contributed by atoms with van der Waals surface area (Å²) in [5.74, 6) is 6.08. The van der Waals surface area contributed by atoms with Crippen LogP contribution in [0.2, 0.25) is 0 Å². The van der Waals surface area contributed by atoms with Crippen molar-refractivity contribution in [2.75, 3.05) is 31.9 Å². The van der Waals surface area contributed by atoms with Crippen LogP contribution in [0.25, 0.3) is 10.2 Å². The molecule has 0 saturated carbocycles. The molecule has 30 heavy (non-hydrogen) atoms. The van der Waals surface area contributed by atoms with Gasteiger partial charge in [-0.2, -0.15) is 0 Å². The number of ether oxygens (including phenoxy) is 1. The molecule has 4 rings (SSSR count). The number of rotatable bonds is 5. The van der Waals surface area contributed by atoms with Crippen LogP contribution in [0.5, 0.6) is 11.5 Å². The van der Waals surface area contributed by atoms with E-state index in [0.717, 1.165) is 41.0 Å². The first kappa shape index (κ1) is 20.1. The van der Waals surface area contributed by atoms with E-state index < -0.39 is 5.82 Å². The zero-order valence-electron chi connectivity index (χ0n) is 16.3. The van der Waals surface area contributed by atoms with Crippen LogP contribution >= 0.6 is 11.3 Å². The highest BCUT2D eigenvalue weighted by Gasteiger charge is 2.14. The topological polar surface area (TPSA) is 80.5 Å². The minimum Gasteiger partial charge on any atom is -0.453 e. The van der Waals surface area contributed by atoms with E-state index >= 15 is 0 Å². The lowest BCUT2D eigenvalue weighted by Gasteiger charge is -2.12. The Morgan fingerprint density at radius 3 is 2.90 bits per heavy atom. The summed E-state index contributed by atoms with van der Waals surface area (Å²) < 4.78 is 20.6. The van der Waals surface area contributed by atoms with Gasteiger partial charge in [-0.1, -0.05) is 11.8 Å². The molecule has 8 heteroatoms. The van der Waals surface area contributed by atoms with Crippen LogP contribution in [-0.4, -0.2) is 42.0 Å². The monoisotopic (exact) mass is 424 g/mol. The Labute approximate surface area is 177 Å². The SMILES string of the molecule is Nc1ccc(Oc2ccnc3cc(C#CCNC(=O)CN4CCCC4)sc23)c(F)c1. The zero-order chi connectivity index (χ0) is 20.9. The molecule has 6 nitrogen and oxygen atoms in total. The number of anilines is 1. The molecule has 0 spiro atoms. The number of nitrogens with one attached hydrogen (secondary N) is 1. The van der Waals surface area contributed by atoms with Crippen molar-refractivity contribution in [3.63, 3.8) is 0 Å². The summed E-state index contributed by atoms with van der Waals surface area (Å²) in [6, 6.07) is 7.84. The second kappa shape index (κ2) is 9.11. The van der Waals surface area contributed by atoms with E-state index in [-0.39, 0.29) is 18.2 Å². The fraction of sp³-hybridized carbons (Fsp3) is 0.273. The number of nitrogen functional groups attached to an aromatic ring is 1. The van der Waals surface area contributed by atoms with Gasteiger partial charge in [0, 0.05) is 24.0 Å². The Morgan fingerprint density at radius 2 is 2.10 bits per heavy atom. The third-order valence-electron chi connectivity index (χ3n) is 4.70. The normalized spacial score (nSPS) is 13.8. The number of amides is 1. The standard InChI is InChI=1S/C22H21FN4O2S/c23-17-12-15(24)5-6-19(17)29-20-7-9-25-18-13-16(30-22(18)20)4-3-8-26-21(28)14-27-10-1-2-11-27/h5-7,9,12-13H,1-2,8,10-11,14,24H2,(H,26,28). The number of pyridine rings is 1. The van der Waals surface area contributed by atoms with Gasteiger partial charge in [-0.25, -0.2) is 4.39 Å². The van der Waals surface area contributed by atoms with Gasteiger partial charge in [0.2, 0.25) is 5.91 Å². The molecular weight excluding hydrogens is 403 g/mol. The lowest BCUT2D eigenvalue weighted by atomic mass is 10.3. The molecule has 1 aliphatic rings. The maximum Gasteiger partial charge on any atom is 0.234 e. The highest BCUT2D eigenvalue weighted by atomic mass is 32.1. The van der Waals surface area contributed by atoms with Crippen LogP contribution in [-0.2, 0) is 4.79 Å². The van der Waals surface area contributed by atoms with Crippen molar-refractivity contribution in [2.24, 2.45) is 0 Å². The highest BCUT2D eigenvalue weighted by Crippen LogP contribution is 2.35. The third kappa shape index (κ3) is 4.87. The fourth-order valence-electron chi connectivity index (χ4n) is 3.25. The van der Waals surface area contributed by atoms with Gasteiger partial charge in [0.15, 0.2) is 11.6 Å². The predicted molar refractivity (Wildman–Crippen MR) is 116 cm³/mol. The molecule has 3 N–H and O–H groups in total. The lowest BCUT2D eigenvalue weighted by Crippen LogP contribution is -2.35. The van der Waals surface area contributed by atoms with E-state index in [1.165, 1.54) is 23.5 Å². The first-order valence-electron chi connectivity index (χ1n) is 9.68. The Kier molecular flexibility index (Phi) is 6.12. The molecule has 1 aromatic carbocycles. The number of carbonyl (C=O) groups excluding carboxylic acids is 1. The van der Waals surface area contributed by atoms with Gasteiger partial charge in [0.1, 0.15) is 5.75 Å². The number of halogens is 1. The van der Waals surface area contributed by atoms with Gasteiger partial charge >= 0.3 is 0 Å². The number of fused-ring (bicyclic) bond motifs is 1. The van der Waals surface area contributed by atoms with Crippen LogP contribution in [0.3, 0.4) is 0 Å². The number of nitrogens with zero attached hydrogens (tertiary/aromatic N) is 2. The lowest BCUT2D eigenvalue weighted by molar-refractivity contribution is -0.121. The smallest absolute Gasteiger partial charge is 0.234 e. The first-order chi connectivity index (χ1) is 14.6. The van der Waals surface area contributed by atoms with Crippen molar-refractivity contribution < 1.29 is 13.9 Å². The second-order valence-corrected chi connectivity index (χ2v) is 8.04. The molecule has 154 valence electrons. The number of likely N-dealkylation sites (tertiary alicyclic amines) is 1. The molecule has 0 atom stereocenters. The minimum atomic E-state index is -0.527. The molecular formula is C22H21FN4O2S. The molecule has 0 aliphatic carbocycles. The molecule has 1 aliphatic heterocycles. The van der Waals surface area contributed by atoms with Crippen LogP contribution < -0.4 is 15.8 Å². The fourth-order valence-corrected chi connectivity index (χ4v) is 4.19. The van der Waals surface area contributed by atoms with Gasteiger partial charge < -0.3 is 15.8 Å². The number of nitrogens with two attached hydrogens (primary N) is 1. The average molecular weight is 425 g/mol. The van der Waals surface area contributed by atoms with Gasteiger partial charge in [0.05, 0.1) is 28.2 Å². The maximum absolute atomic E-state index is 14.1. The van der Waals surface area contributed by atoms with E-state index in [1.54, 1.807) is 18.3 Å². The number of benzene rings is 1. The quantitative estimate of drug-likeness (QED) is 0.485. The molecule has 2 aromatic heterocycles. The zero-order valence-corrected chi connectivity index (χ0v) is 17.1. The Morgan fingerprint density at radius 1 is 1.27 bits per heavy atom. The van der Waals surface area contributed by atoms with Gasteiger partial charge in [0.25, 0.3) is 0 Å². The molecule has 1 amide bonds. The van der Waals surface area contributed by atoms with E-state index in [1.807, 2.05) is 6.07 Å². The first-order valence-corrected chi connectivity index (χ1v) is 10.5. The van der Waals surface area contributed by atoms with Gasteiger partial charge in [-0.3, -0.25) is 14.7 Å². The van der Waals surface area contributed by atoms with Crippen LogP contribution in [0.1, 0.15) is 17.7 Å². The third-order valence-corrected chi connectivity index (χ3v) is 5.76. The van der Waals surface area contributed by atoms with Gasteiger partial charge in [-0.05, 0) is 44.1 Å². The van der Waals surface area contributed by atoms with Crippen molar-refractivity contribution >= 4 is 33.1 Å². The summed E-state index contributed by atoms with van der Waals surface area (Å²) in [6.45, 7) is 2.68. The summed E-state index contributed by atoms with van der Waals surface area (Å²) in [4.78, 5) is 19.2. The minimum absolute atomic E-state index is 0.00887. The average Bonchev–Trinajstić information content (AvgIpc) is 3.37. The summed E-state index contributed by atoms with van der Waals surface area (Å²) in [6.07, 6.45) is 3.92. The molecule has 3 heterocycles. The van der Waals surface area contributed by atoms with Crippen molar-refractivity contribution in [1.29, 1.82) is 0 Å². The van der Waals surface area contributed by atoms with E-state index in [0.29, 0.717) is 18.0 Å².